The molecule has 0 heterocycles. The Morgan fingerprint density at radius 3 is 2.42 bits per heavy atom. The largest absolute Gasteiger partial charge is 0.497 e. The van der Waals surface area contributed by atoms with Gasteiger partial charge in [-0.25, -0.2) is 0 Å². The average molecular weight is 263 g/mol. The molecule has 1 aliphatic carbocycles. The van der Waals surface area contributed by atoms with Gasteiger partial charge in [0.1, 0.15) is 12.4 Å². The van der Waals surface area contributed by atoms with Crippen LogP contribution >= 0.6 is 0 Å². The normalized spacial score (nSPS) is 17.2. The highest BCUT2D eigenvalue weighted by Gasteiger charge is 2.41. The van der Waals surface area contributed by atoms with E-state index in [9.17, 15) is 4.79 Å². The fourth-order valence-corrected chi connectivity index (χ4v) is 2.57. The number of ether oxygens (including phenoxy) is 2. The van der Waals surface area contributed by atoms with Crippen molar-refractivity contribution in [3.8, 4) is 5.75 Å². The predicted molar refractivity (Wildman–Crippen MR) is 72.7 cm³/mol. The van der Waals surface area contributed by atoms with Gasteiger partial charge in [0.25, 0.3) is 0 Å². The molecule has 1 fully saturated rings. The smallest absolute Gasteiger partial charge is 0.313 e. The number of hydrogen-bond donors (Lipinski definition) is 1. The Morgan fingerprint density at radius 2 is 1.89 bits per heavy atom. The van der Waals surface area contributed by atoms with Gasteiger partial charge in [-0.15, -0.1) is 0 Å². The van der Waals surface area contributed by atoms with E-state index in [-0.39, 0.29) is 5.97 Å². The van der Waals surface area contributed by atoms with Crippen LogP contribution < -0.4 is 10.5 Å². The summed E-state index contributed by atoms with van der Waals surface area (Å²) < 4.78 is 10.5. The van der Waals surface area contributed by atoms with Gasteiger partial charge < -0.3 is 15.2 Å². The lowest BCUT2D eigenvalue weighted by molar-refractivity contribution is -0.156. The van der Waals surface area contributed by atoms with E-state index >= 15 is 0 Å². The van der Waals surface area contributed by atoms with Crippen LogP contribution in [-0.4, -0.2) is 19.6 Å². The average Bonchev–Trinajstić information content (AvgIpc) is 2.95. The molecule has 0 amide bonds. The first kappa shape index (κ1) is 13.9. The SMILES string of the molecule is COc1ccc(COC(=O)C2(CN)CCCC2)cc1. The van der Waals surface area contributed by atoms with Crippen LogP contribution in [0.25, 0.3) is 0 Å². The molecule has 4 heteroatoms. The van der Waals surface area contributed by atoms with E-state index in [1.807, 2.05) is 24.3 Å². The Balaban J connectivity index is 1.92. The summed E-state index contributed by atoms with van der Waals surface area (Å²) in [5.74, 6) is 0.646. The van der Waals surface area contributed by atoms with Crippen molar-refractivity contribution in [1.29, 1.82) is 0 Å². The van der Waals surface area contributed by atoms with Gasteiger partial charge in [-0.3, -0.25) is 4.79 Å². The summed E-state index contributed by atoms with van der Waals surface area (Å²) in [7, 11) is 1.63. The molecule has 2 N–H and O–H groups in total. The summed E-state index contributed by atoms with van der Waals surface area (Å²) in [4.78, 5) is 12.2. The van der Waals surface area contributed by atoms with Crippen molar-refractivity contribution in [2.75, 3.05) is 13.7 Å². The Labute approximate surface area is 113 Å². The molecule has 104 valence electrons. The molecule has 0 unspecified atom stereocenters. The maximum absolute atomic E-state index is 12.2. The summed E-state index contributed by atoms with van der Waals surface area (Å²) in [6, 6.07) is 7.51. The van der Waals surface area contributed by atoms with Crippen molar-refractivity contribution in [1.82, 2.24) is 0 Å². The zero-order valence-electron chi connectivity index (χ0n) is 11.4. The fourth-order valence-electron chi connectivity index (χ4n) is 2.57. The van der Waals surface area contributed by atoms with Gasteiger partial charge in [-0.2, -0.15) is 0 Å². The first-order valence-electron chi connectivity index (χ1n) is 6.70. The standard InChI is InChI=1S/C15H21NO3/c1-18-13-6-4-12(5-7-13)10-19-14(17)15(11-16)8-2-3-9-15/h4-7H,2-3,8-11,16H2,1H3. The van der Waals surface area contributed by atoms with Crippen LogP contribution in [0.4, 0.5) is 0 Å². The summed E-state index contributed by atoms with van der Waals surface area (Å²) in [6.45, 7) is 0.680. The minimum Gasteiger partial charge on any atom is -0.497 e. The highest BCUT2D eigenvalue weighted by molar-refractivity contribution is 5.77. The van der Waals surface area contributed by atoms with Gasteiger partial charge in [0.15, 0.2) is 0 Å². The van der Waals surface area contributed by atoms with Crippen LogP contribution in [0.3, 0.4) is 0 Å². The summed E-state index contributed by atoms with van der Waals surface area (Å²) in [5.41, 5.74) is 6.28. The Kier molecular flexibility index (Phi) is 4.43. The topological polar surface area (TPSA) is 61.5 Å². The lowest BCUT2D eigenvalue weighted by Gasteiger charge is -2.24. The van der Waals surface area contributed by atoms with Crippen LogP contribution in [0.5, 0.6) is 5.75 Å². The molecule has 0 atom stereocenters. The molecule has 2 rings (SSSR count). The van der Waals surface area contributed by atoms with Crippen LogP contribution in [0.15, 0.2) is 24.3 Å². The maximum Gasteiger partial charge on any atom is 0.313 e. The number of benzene rings is 1. The van der Waals surface area contributed by atoms with E-state index in [0.29, 0.717) is 13.2 Å². The second-order valence-electron chi connectivity index (χ2n) is 5.12. The Hall–Kier alpha value is -1.55. The van der Waals surface area contributed by atoms with Crippen molar-refractivity contribution >= 4 is 5.97 Å². The first-order chi connectivity index (χ1) is 9.20. The third kappa shape index (κ3) is 3.07. The second kappa shape index (κ2) is 6.06. The number of nitrogens with two attached hydrogens (primary N) is 1. The van der Waals surface area contributed by atoms with Gasteiger partial charge in [-0.1, -0.05) is 25.0 Å². The van der Waals surface area contributed by atoms with Gasteiger partial charge in [0.05, 0.1) is 12.5 Å². The first-order valence-corrected chi connectivity index (χ1v) is 6.70. The molecule has 1 aromatic carbocycles. The van der Waals surface area contributed by atoms with Gasteiger partial charge in [-0.05, 0) is 30.5 Å². The molecule has 0 radical (unpaired) electrons. The zero-order chi connectivity index (χ0) is 13.7. The number of carbonyl (C=O) groups excluding carboxylic acids is 1. The molecule has 0 saturated heterocycles. The predicted octanol–water partition coefficient (Wildman–Crippen LogP) is 2.26. The van der Waals surface area contributed by atoms with Crippen LogP contribution in [0.1, 0.15) is 31.2 Å². The van der Waals surface area contributed by atoms with E-state index in [1.54, 1.807) is 7.11 Å². The van der Waals surface area contributed by atoms with E-state index in [4.69, 9.17) is 15.2 Å². The molecule has 0 aliphatic heterocycles. The van der Waals surface area contributed by atoms with Gasteiger partial charge in [0.2, 0.25) is 0 Å². The highest BCUT2D eigenvalue weighted by Crippen LogP contribution is 2.38. The number of hydrogen-bond acceptors (Lipinski definition) is 4. The van der Waals surface area contributed by atoms with Crippen molar-refractivity contribution in [2.45, 2.75) is 32.3 Å². The minimum absolute atomic E-state index is 0.150. The molecular weight excluding hydrogens is 242 g/mol. The van der Waals surface area contributed by atoms with Gasteiger partial charge in [0, 0.05) is 6.54 Å². The lowest BCUT2D eigenvalue weighted by atomic mass is 9.86. The monoisotopic (exact) mass is 263 g/mol. The number of carbonyl (C=O) groups is 1. The van der Waals surface area contributed by atoms with E-state index in [1.165, 1.54) is 0 Å². The minimum atomic E-state index is -0.438. The molecule has 1 saturated carbocycles. The van der Waals surface area contributed by atoms with Crippen LogP contribution in [0, 0.1) is 5.41 Å². The van der Waals surface area contributed by atoms with Crippen LogP contribution in [0.2, 0.25) is 0 Å². The fraction of sp³-hybridized carbons (Fsp3) is 0.533. The zero-order valence-corrected chi connectivity index (χ0v) is 11.4. The van der Waals surface area contributed by atoms with Crippen molar-refractivity contribution < 1.29 is 14.3 Å². The molecule has 19 heavy (non-hydrogen) atoms. The number of esters is 1. The van der Waals surface area contributed by atoms with Gasteiger partial charge >= 0.3 is 5.97 Å². The third-order valence-electron chi connectivity index (χ3n) is 3.91. The Morgan fingerprint density at radius 1 is 1.26 bits per heavy atom. The molecule has 0 aromatic heterocycles. The number of rotatable bonds is 5. The lowest BCUT2D eigenvalue weighted by Crippen LogP contribution is -2.37. The van der Waals surface area contributed by atoms with Crippen molar-refractivity contribution in [3.63, 3.8) is 0 Å². The second-order valence-corrected chi connectivity index (χ2v) is 5.12. The van der Waals surface area contributed by atoms with Crippen LogP contribution in [-0.2, 0) is 16.1 Å². The molecule has 0 spiro atoms. The number of methoxy groups -OCH3 is 1. The maximum atomic E-state index is 12.2. The van der Waals surface area contributed by atoms with E-state index in [0.717, 1.165) is 37.0 Å². The quantitative estimate of drug-likeness (QED) is 0.828. The molecule has 1 aliphatic rings. The molecule has 4 nitrogen and oxygen atoms in total. The molecule has 1 aromatic rings. The Bertz CT molecular complexity index is 422. The summed E-state index contributed by atoms with van der Waals surface area (Å²) in [6.07, 6.45) is 3.83. The molecular formula is C15H21NO3. The van der Waals surface area contributed by atoms with Crippen molar-refractivity contribution in [3.05, 3.63) is 29.8 Å². The summed E-state index contributed by atoms with van der Waals surface area (Å²) >= 11 is 0. The van der Waals surface area contributed by atoms with E-state index in [2.05, 4.69) is 0 Å². The summed E-state index contributed by atoms with van der Waals surface area (Å²) in [5, 5.41) is 0. The highest BCUT2D eigenvalue weighted by atomic mass is 16.5. The third-order valence-corrected chi connectivity index (χ3v) is 3.91. The van der Waals surface area contributed by atoms with Crippen molar-refractivity contribution in [2.24, 2.45) is 11.1 Å². The molecule has 0 bridgehead atoms. The van der Waals surface area contributed by atoms with E-state index < -0.39 is 5.41 Å².